The number of hydrogen-bond donors (Lipinski definition) is 2. The molecule has 0 aromatic heterocycles. The molecule has 0 unspecified atom stereocenters. The van der Waals surface area contributed by atoms with Gasteiger partial charge in [0.2, 0.25) is 5.91 Å². The van der Waals surface area contributed by atoms with Crippen molar-refractivity contribution in [1.82, 2.24) is 5.32 Å². The van der Waals surface area contributed by atoms with Gasteiger partial charge in [0.25, 0.3) is 0 Å². The van der Waals surface area contributed by atoms with Gasteiger partial charge in [0, 0.05) is 23.7 Å². The minimum absolute atomic E-state index is 0. The Bertz CT molecular complexity index is 551. The van der Waals surface area contributed by atoms with Crippen molar-refractivity contribution < 1.29 is 13.9 Å². The van der Waals surface area contributed by atoms with E-state index < -0.39 is 5.82 Å². The maximum Gasteiger partial charge on any atom is 0.227 e. The molecule has 1 aromatic carbocycles. The van der Waals surface area contributed by atoms with Crippen molar-refractivity contribution in [1.29, 1.82) is 0 Å². The van der Waals surface area contributed by atoms with Crippen LogP contribution in [0.5, 0.6) is 5.75 Å². The van der Waals surface area contributed by atoms with Crippen LogP contribution in [-0.4, -0.2) is 24.6 Å². The Balaban J connectivity index is 0.00000192. The summed E-state index contributed by atoms with van der Waals surface area (Å²) >= 11 is 0. The van der Waals surface area contributed by atoms with Gasteiger partial charge in [0.1, 0.15) is 0 Å². The average Bonchev–Trinajstić information content (AvgIpc) is 2.44. The van der Waals surface area contributed by atoms with Gasteiger partial charge in [-0.1, -0.05) is 0 Å². The van der Waals surface area contributed by atoms with Crippen molar-refractivity contribution in [2.45, 2.75) is 51.2 Å². The van der Waals surface area contributed by atoms with Crippen LogP contribution in [0.4, 0.5) is 10.1 Å². The predicted octanol–water partition coefficient (Wildman–Crippen LogP) is 3.51. The largest absolute Gasteiger partial charge is 0.487 e. The molecular formula is C17H24ClFN2O2. The second kappa shape index (κ2) is 7.97. The molecule has 0 bridgehead atoms. The van der Waals surface area contributed by atoms with Gasteiger partial charge in [0.05, 0.1) is 6.10 Å². The molecule has 6 heteroatoms. The molecule has 1 saturated heterocycles. The number of halogens is 2. The molecule has 2 N–H and O–H groups in total. The molecule has 1 aromatic rings. The van der Waals surface area contributed by atoms with Gasteiger partial charge >= 0.3 is 0 Å². The number of anilines is 1. The molecule has 2 aliphatic rings. The number of nitrogens with one attached hydrogen (secondary N) is 2. The molecule has 0 radical (unpaired) electrons. The van der Waals surface area contributed by atoms with E-state index in [1.54, 1.807) is 12.1 Å². The monoisotopic (exact) mass is 342 g/mol. The summed E-state index contributed by atoms with van der Waals surface area (Å²) in [4.78, 5) is 12.2. The van der Waals surface area contributed by atoms with E-state index in [2.05, 4.69) is 17.6 Å². The Hall–Kier alpha value is -1.33. The normalized spacial score (nSPS) is 24.3. The smallest absolute Gasteiger partial charge is 0.227 e. The zero-order chi connectivity index (χ0) is 15.5. The minimum atomic E-state index is -0.414. The molecule has 1 heterocycles. The van der Waals surface area contributed by atoms with Crippen LogP contribution in [0, 0.1) is 11.7 Å². The summed E-state index contributed by atoms with van der Waals surface area (Å²) in [5.41, 5.74) is 0.495. The molecule has 2 fully saturated rings. The summed E-state index contributed by atoms with van der Waals surface area (Å²) in [7, 11) is 0. The van der Waals surface area contributed by atoms with E-state index in [1.807, 2.05) is 0 Å². The molecule has 128 valence electrons. The Morgan fingerprint density at radius 2 is 2.13 bits per heavy atom. The third-order valence-corrected chi connectivity index (χ3v) is 4.54. The van der Waals surface area contributed by atoms with Crippen LogP contribution in [-0.2, 0) is 4.79 Å². The van der Waals surface area contributed by atoms with Crippen LogP contribution in [0.25, 0.3) is 0 Å². The highest BCUT2D eigenvalue weighted by Gasteiger charge is 2.25. The summed E-state index contributed by atoms with van der Waals surface area (Å²) in [6.45, 7) is 2.92. The van der Waals surface area contributed by atoms with E-state index in [0.717, 1.165) is 38.6 Å². The molecular weight excluding hydrogens is 319 g/mol. The number of amides is 1. The van der Waals surface area contributed by atoms with Gasteiger partial charge < -0.3 is 15.4 Å². The van der Waals surface area contributed by atoms with Crippen LogP contribution >= 0.6 is 12.4 Å². The van der Waals surface area contributed by atoms with E-state index >= 15 is 0 Å². The van der Waals surface area contributed by atoms with Crippen molar-refractivity contribution in [3.8, 4) is 5.75 Å². The predicted molar refractivity (Wildman–Crippen MR) is 90.7 cm³/mol. The Kier molecular flexibility index (Phi) is 6.25. The van der Waals surface area contributed by atoms with Gasteiger partial charge in [-0.05, 0) is 57.7 Å². The number of ether oxygens (including phenoxy) is 1. The van der Waals surface area contributed by atoms with Gasteiger partial charge in [-0.2, -0.15) is 0 Å². The molecule has 0 spiro atoms. The second-order valence-corrected chi connectivity index (χ2v) is 6.38. The first-order valence-electron chi connectivity index (χ1n) is 8.12. The van der Waals surface area contributed by atoms with Crippen LogP contribution in [0.2, 0.25) is 0 Å². The fraction of sp³-hybridized carbons (Fsp3) is 0.588. The molecule has 1 amide bonds. The lowest BCUT2D eigenvalue weighted by atomic mass is 9.92. The minimum Gasteiger partial charge on any atom is -0.487 e. The van der Waals surface area contributed by atoms with Gasteiger partial charge in [-0.25, -0.2) is 4.39 Å². The molecule has 4 nitrogen and oxygen atoms in total. The zero-order valence-corrected chi connectivity index (χ0v) is 14.1. The van der Waals surface area contributed by atoms with Crippen LogP contribution in [0.15, 0.2) is 18.2 Å². The number of hydrogen-bond acceptors (Lipinski definition) is 3. The quantitative estimate of drug-likeness (QED) is 0.880. The van der Waals surface area contributed by atoms with E-state index in [0.29, 0.717) is 11.7 Å². The van der Waals surface area contributed by atoms with Gasteiger partial charge in [-0.3, -0.25) is 4.79 Å². The third kappa shape index (κ3) is 4.58. The second-order valence-electron chi connectivity index (χ2n) is 6.38. The van der Waals surface area contributed by atoms with E-state index in [1.165, 1.54) is 6.07 Å². The van der Waals surface area contributed by atoms with Crippen molar-refractivity contribution in [2.75, 3.05) is 11.9 Å². The summed E-state index contributed by atoms with van der Waals surface area (Å²) < 4.78 is 19.6. The van der Waals surface area contributed by atoms with E-state index in [4.69, 9.17) is 4.74 Å². The zero-order valence-electron chi connectivity index (χ0n) is 13.3. The van der Waals surface area contributed by atoms with Crippen molar-refractivity contribution >= 4 is 24.0 Å². The molecule has 1 saturated carbocycles. The number of rotatable bonds is 4. The standard InChI is InChI=1S/C17H23FN2O2.ClH/c1-11-9-12(7-8-19-11)17(21)20-13-5-6-16(15(18)10-13)22-14-3-2-4-14;/h5-6,10-12,14,19H,2-4,7-9H2,1H3,(H,20,21);1H/t11-,12-;/m0./s1. The first kappa shape index (κ1) is 18.0. The Labute approximate surface area is 142 Å². The number of piperidine rings is 1. The van der Waals surface area contributed by atoms with Gasteiger partial charge in [-0.15, -0.1) is 12.4 Å². The van der Waals surface area contributed by atoms with Crippen molar-refractivity contribution in [3.63, 3.8) is 0 Å². The summed E-state index contributed by atoms with van der Waals surface area (Å²) in [6.07, 6.45) is 4.91. The lowest BCUT2D eigenvalue weighted by molar-refractivity contribution is -0.120. The highest BCUT2D eigenvalue weighted by Crippen LogP contribution is 2.29. The lowest BCUT2D eigenvalue weighted by Crippen LogP contribution is -2.40. The highest BCUT2D eigenvalue weighted by atomic mass is 35.5. The molecule has 23 heavy (non-hydrogen) atoms. The Morgan fingerprint density at radius 3 is 2.74 bits per heavy atom. The number of benzene rings is 1. The first-order valence-corrected chi connectivity index (χ1v) is 8.12. The fourth-order valence-electron chi connectivity index (χ4n) is 2.96. The van der Waals surface area contributed by atoms with Crippen molar-refractivity contribution in [2.24, 2.45) is 5.92 Å². The number of carbonyl (C=O) groups excluding carboxylic acids is 1. The first-order chi connectivity index (χ1) is 10.6. The fourth-order valence-corrected chi connectivity index (χ4v) is 2.96. The lowest BCUT2D eigenvalue weighted by Gasteiger charge is -2.27. The van der Waals surface area contributed by atoms with E-state index in [9.17, 15) is 9.18 Å². The van der Waals surface area contributed by atoms with Crippen molar-refractivity contribution in [3.05, 3.63) is 24.0 Å². The summed E-state index contributed by atoms with van der Waals surface area (Å²) in [6, 6.07) is 5.00. The Morgan fingerprint density at radius 1 is 1.35 bits per heavy atom. The molecule has 1 aliphatic heterocycles. The topological polar surface area (TPSA) is 50.4 Å². The van der Waals surface area contributed by atoms with Gasteiger partial charge in [0.15, 0.2) is 11.6 Å². The molecule has 1 aliphatic carbocycles. The average molecular weight is 343 g/mol. The van der Waals surface area contributed by atoms with Crippen LogP contribution in [0.3, 0.4) is 0 Å². The van der Waals surface area contributed by atoms with E-state index in [-0.39, 0.29) is 36.1 Å². The maximum atomic E-state index is 14.0. The SMILES string of the molecule is C[C@H]1C[C@@H](C(=O)Nc2ccc(OC3CCC3)c(F)c2)CCN1.Cl. The number of carbonyl (C=O) groups is 1. The molecule has 3 rings (SSSR count). The highest BCUT2D eigenvalue weighted by molar-refractivity contribution is 5.92. The van der Waals surface area contributed by atoms with Crippen LogP contribution in [0.1, 0.15) is 39.0 Å². The summed E-state index contributed by atoms with van der Waals surface area (Å²) in [5.74, 6) is -0.174. The molecule has 2 atom stereocenters. The maximum absolute atomic E-state index is 14.0. The third-order valence-electron chi connectivity index (χ3n) is 4.54. The summed E-state index contributed by atoms with van der Waals surface area (Å²) in [5, 5.41) is 6.14. The van der Waals surface area contributed by atoms with Crippen LogP contribution < -0.4 is 15.4 Å².